The number of hydrogen-bond acceptors (Lipinski definition) is 5. The number of urea groups is 1. The average Bonchev–Trinajstić information content (AvgIpc) is 2.74. The van der Waals surface area contributed by atoms with Crippen molar-refractivity contribution in [1.82, 2.24) is 20.4 Å². The number of imide groups is 1. The van der Waals surface area contributed by atoms with Gasteiger partial charge in [0.2, 0.25) is 0 Å². The van der Waals surface area contributed by atoms with Gasteiger partial charge in [0.05, 0.1) is 18.7 Å². The third kappa shape index (κ3) is 5.25. The maximum absolute atomic E-state index is 11.7. The number of aryl methyl sites for hydroxylation is 3. The highest BCUT2D eigenvalue weighted by Gasteiger charge is 2.19. The zero-order chi connectivity index (χ0) is 16.0. The molecule has 0 spiro atoms. The number of ether oxygens (including phenoxy) is 1. The fourth-order valence-corrected chi connectivity index (χ4v) is 1.68. The number of rotatable bonds is 5. The van der Waals surface area contributed by atoms with Crippen molar-refractivity contribution in [2.75, 3.05) is 7.05 Å². The number of esters is 1. The third-order valence-corrected chi connectivity index (χ3v) is 2.77. The Hall–Kier alpha value is -2.38. The largest absolute Gasteiger partial charge is 0.452 e. The monoisotopic (exact) mass is 296 g/mol. The van der Waals surface area contributed by atoms with Gasteiger partial charge in [0.15, 0.2) is 6.10 Å². The molecule has 0 aliphatic rings. The van der Waals surface area contributed by atoms with Crippen LogP contribution in [0.2, 0.25) is 0 Å². The minimum atomic E-state index is -1.03. The van der Waals surface area contributed by atoms with E-state index in [1.54, 1.807) is 4.68 Å². The maximum Gasteiger partial charge on any atom is 0.321 e. The third-order valence-electron chi connectivity index (χ3n) is 2.77. The second-order valence-corrected chi connectivity index (χ2v) is 4.60. The molecule has 0 bridgehead atoms. The molecule has 1 aromatic heterocycles. The van der Waals surface area contributed by atoms with E-state index in [1.165, 1.54) is 14.0 Å². The van der Waals surface area contributed by atoms with E-state index >= 15 is 0 Å². The summed E-state index contributed by atoms with van der Waals surface area (Å²) in [6.07, 6.45) is -0.935. The summed E-state index contributed by atoms with van der Waals surface area (Å²) in [6, 6.07) is 1.26. The van der Waals surface area contributed by atoms with Crippen molar-refractivity contribution in [2.45, 2.75) is 39.8 Å². The summed E-state index contributed by atoms with van der Waals surface area (Å²) in [5.74, 6) is -1.20. The molecule has 8 heteroatoms. The lowest BCUT2D eigenvalue weighted by molar-refractivity contribution is -0.154. The summed E-state index contributed by atoms with van der Waals surface area (Å²) < 4.78 is 6.65. The topological polar surface area (TPSA) is 102 Å². The van der Waals surface area contributed by atoms with Crippen LogP contribution in [0.5, 0.6) is 0 Å². The lowest BCUT2D eigenvalue weighted by Gasteiger charge is -2.12. The molecular formula is C13H20N4O4. The van der Waals surface area contributed by atoms with E-state index < -0.39 is 24.0 Å². The van der Waals surface area contributed by atoms with E-state index in [9.17, 15) is 14.4 Å². The molecule has 8 nitrogen and oxygen atoms in total. The molecule has 1 aromatic rings. The Kier molecular flexibility index (Phi) is 5.89. The number of aromatic nitrogens is 2. The average molecular weight is 296 g/mol. The number of hydrogen-bond donors (Lipinski definition) is 2. The Morgan fingerprint density at radius 2 is 2.05 bits per heavy atom. The fraction of sp³-hybridized carbons (Fsp3) is 0.538. The molecule has 0 aliphatic carbocycles. The van der Waals surface area contributed by atoms with E-state index in [-0.39, 0.29) is 6.42 Å². The van der Waals surface area contributed by atoms with Crippen LogP contribution >= 0.6 is 0 Å². The molecule has 21 heavy (non-hydrogen) atoms. The van der Waals surface area contributed by atoms with Crippen molar-refractivity contribution in [3.05, 3.63) is 17.5 Å². The van der Waals surface area contributed by atoms with E-state index in [1.807, 2.05) is 25.2 Å². The van der Waals surface area contributed by atoms with E-state index in [4.69, 9.17) is 4.74 Å². The Labute approximate surface area is 122 Å². The summed E-state index contributed by atoms with van der Waals surface area (Å²) in [5.41, 5.74) is 1.82. The molecule has 0 aliphatic heterocycles. The van der Waals surface area contributed by atoms with Gasteiger partial charge in [-0.2, -0.15) is 5.10 Å². The number of amides is 3. The molecule has 0 saturated carbocycles. The normalized spacial score (nSPS) is 11.6. The Morgan fingerprint density at radius 3 is 2.57 bits per heavy atom. The van der Waals surface area contributed by atoms with Crippen LogP contribution in [0.25, 0.3) is 0 Å². The van der Waals surface area contributed by atoms with Gasteiger partial charge in [-0.15, -0.1) is 0 Å². The van der Waals surface area contributed by atoms with Gasteiger partial charge in [-0.05, 0) is 26.8 Å². The molecule has 3 amide bonds. The predicted octanol–water partition coefficient (Wildman–Crippen LogP) is 0.277. The van der Waals surface area contributed by atoms with Crippen LogP contribution in [0.3, 0.4) is 0 Å². The zero-order valence-electron chi connectivity index (χ0n) is 12.6. The molecule has 0 fully saturated rings. The van der Waals surface area contributed by atoms with E-state index in [2.05, 4.69) is 10.4 Å². The second kappa shape index (κ2) is 7.41. The maximum atomic E-state index is 11.7. The van der Waals surface area contributed by atoms with Gasteiger partial charge in [-0.1, -0.05) is 0 Å². The van der Waals surface area contributed by atoms with E-state index in [0.29, 0.717) is 6.54 Å². The lowest BCUT2D eigenvalue weighted by Crippen LogP contribution is -2.43. The van der Waals surface area contributed by atoms with Crippen molar-refractivity contribution in [2.24, 2.45) is 0 Å². The molecule has 1 atom stereocenters. The summed E-state index contributed by atoms with van der Waals surface area (Å²) in [6.45, 7) is 5.54. The van der Waals surface area contributed by atoms with Gasteiger partial charge < -0.3 is 10.1 Å². The van der Waals surface area contributed by atoms with Crippen LogP contribution in [0.15, 0.2) is 6.07 Å². The quantitative estimate of drug-likeness (QED) is 0.760. The highest BCUT2D eigenvalue weighted by atomic mass is 16.5. The summed E-state index contributed by atoms with van der Waals surface area (Å²) in [7, 11) is 1.38. The van der Waals surface area contributed by atoms with Crippen molar-refractivity contribution < 1.29 is 19.1 Å². The first-order valence-electron chi connectivity index (χ1n) is 6.56. The minimum Gasteiger partial charge on any atom is -0.452 e. The molecule has 116 valence electrons. The van der Waals surface area contributed by atoms with Gasteiger partial charge in [0.1, 0.15) is 0 Å². The first-order chi connectivity index (χ1) is 9.83. The minimum absolute atomic E-state index is 0.0968. The number of nitrogens with one attached hydrogen (secondary N) is 2. The molecule has 0 aromatic carbocycles. The van der Waals surface area contributed by atoms with Crippen molar-refractivity contribution >= 4 is 17.9 Å². The van der Waals surface area contributed by atoms with Crippen molar-refractivity contribution in [1.29, 1.82) is 0 Å². The lowest BCUT2D eigenvalue weighted by atomic mass is 10.3. The van der Waals surface area contributed by atoms with Crippen molar-refractivity contribution in [3.63, 3.8) is 0 Å². The summed E-state index contributed by atoms with van der Waals surface area (Å²) >= 11 is 0. The molecule has 1 unspecified atom stereocenters. The van der Waals surface area contributed by atoms with Crippen LogP contribution in [0, 0.1) is 13.8 Å². The Morgan fingerprint density at radius 1 is 1.38 bits per heavy atom. The SMILES string of the molecule is CNC(=O)NC(=O)C(C)OC(=O)CCn1nc(C)cc1C. The summed E-state index contributed by atoms with van der Waals surface area (Å²) in [4.78, 5) is 34.1. The van der Waals surface area contributed by atoms with Crippen molar-refractivity contribution in [3.8, 4) is 0 Å². The fourth-order valence-electron chi connectivity index (χ4n) is 1.68. The Bertz CT molecular complexity index is 538. The highest BCUT2D eigenvalue weighted by Crippen LogP contribution is 2.04. The molecule has 1 rings (SSSR count). The Balaban J connectivity index is 2.41. The first-order valence-corrected chi connectivity index (χ1v) is 6.56. The molecule has 0 radical (unpaired) electrons. The van der Waals surface area contributed by atoms with Crippen LogP contribution < -0.4 is 10.6 Å². The predicted molar refractivity (Wildman–Crippen MR) is 74.5 cm³/mol. The van der Waals surface area contributed by atoms with Crippen LogP contribution in [-0.2, 0) is 20.9 Å². The number of carbonyl (C=O) groups excluding carboxylic acids is 3. The second-order valence-electron chi connectivity index (χ2n) is 4.60. The molecule has 1 heterocycles. The standard InChI is InChI=1S/C13H20N4O4/c1-8-7-9(2)17(16-8)6-5-11(18)21-10(3)12(19)15-13(20)14-4/h7,10H,5-6H2,1-4H3,(H2,14,15,19,20). The van der Waals surface area contributed by atoms with Crippen LogP contribution in [0.4, 0.5) is 4.79 Å². The van der Waals surface area contributed by atoms with Gasteiger partial charge >= 0.3 is 12.0 Å². The first kappa shape index (κ1) is 16.7. The zero-order valence-corrected chi connectivity index (χ0v) is 12.6. The molecule has 2 N–H and O–H groups in total. The highest BCUT2D eigenvalue weighted by molar-refractivity contribution is 5.96. The van der Waals surface area contributed by atoms with Crippen LogP contribution in [0.1, 0.15) is 24.7 Å². The number of nitrogens with zero attached hydrogens (tertiary/aromatic N) is 2. The number of carbonyl (C=O) groups is 3. The van der Waals surface area contributed by atoms with Crippen LogP contribution in [-0.4, -0.2) is 40.8 Å². The van der Waals surface area contributed by atoms with Gasteiger partial charge in [0.25, 0.3) is 5.91 Å². The molecule has 0 saturated heterocycles. The molecular weight excluding hydrogens is 276 g/mol. The summed E-state index contributed by atoms with van der Waals surface area (Å²) in [5, 5.41) is 8.50. The van der Waals surface area contributed by atoms with Gasteiger partial charge in [0, 0.05) is 12.7 Å². The van der Waals surface area contributed by atoms with Gasteiger partial charge in [-0.3, -0.25) is 19.6 Å². The smallest absolute Gasteiger partial charge is 0.321 e. The van der Waals surface area contributed by atoms with E-state index in [0.717, 1.165) is 11.4 Å². The van der Waals surface area contributed by atoms with Gasteiger partial charge in [-0.25, -0.2) is 4.79 Å².